The summed E-state index contributed by atoms with van der Waals surface area (Å²) in [6, 6.07) is 5.82. The lowest BCUT2D eigenvalue weighted by molar-refractivity contribution is 1.03. The third-order valence-electron chi connectivity index (χ3n) is 1.58. The molecule has 0 saturated carbocycles. The Morgan fingerprint density at radius 2 is 2.36 bits per heavy atom. The molecule has 0 atom stereocenters. The van der Waals surface area contributed by atoms with Crippen LogP contribution in [0.3, 0.4) is 0 Å². The number of nitrogens with one attached hydrogen (secondary N) is 1. The van der Waals surface area contributed by atoms with E-state index >= 15 is 0 Å². The lowest BCUT2D eigenvalue weighted by Gasteiger charge is -2.01. The van der Waals surface area contributed by atoms with Gasteiger partial charge in [0.2, 0.25) is 0 Å². The number of rotatable bonds is 3. The molecule has 0 aromatic carbocycles. The van der Waals surface area contributed by atoms with Crippen molar-refractivity contribution < 1.29 is 0 Å². The van der Waals surface area contributed by atoms with Gasteiger partial charge in [0, 0.05) is 11.5 Å². The quantitative estimate of drug-likeness (QED) is 0.870. The number of hydrogen-bond donors (Lipinski definition) is 1. The van der Waals surface area contributed by atoms with Crippen LogP contribution in [0.1, 0.15) is 5.69 Å². The Kier molecular flexibility index (Phi) is 3.05. The first-order chi connectivity index (χ1) is 6.84. The van der Waals surface area contributed by atoms with Gasteiger partial charge < -0.3 is 5.32 Å². The Balaban J connectivity index is 1.98. The molecule has 2 aromatic rings. The van der Waals surface area contributed by atoms with Gasteiger partial charge in [-0.1, -0.05) is 10.6 Å². The molecule has 72 valence electrons. The van der Waals surface area contributed by atoms with E-state index < -0.39 is 0 Å². The maximum Gasteiger partial charge on any atom is 0.130 e. The van der Waals surface area contributed by atoms with Gasteiger partial charge in [0.25, 0.3) is 0 Å². The predicted molar refractivity (Wildman–Crippen MR) is 59.2 cm³/mol. The van der Waals surface area contributed by atoms with E-state index in [1.54, 1.807) is 6.20 Å². The van der Waals surface area contributed by atoms with Gasteiger partial charge in [-0.15, -0.1) is 5.10 Å². The fourth-order valence-corrected chi connectivity index (χ4v) is 1.77. The van der Waals surface area contributed by atoms with E-state index in [0.717, 1.165) is 15.3 Å². The first-order valence-electron chi connectivity index (χ1n) is 3.97. The van der Waals surface area contributed by atoms with Gasteiger partial charge in [0.15, 0.2) is 0 Å². The number of hydrogen-bond acceptors (Lipinski definition) is 5. The van der Waals surface area contributed by atoms with E-state index in [1.165, 1.54) is 11.5 Å². The molecule has 0 aliphatic rings. The summed E-state index contributed by atoms with van der Waals surface area (Å²) in [7, 11) is 0. The minimum Gasteiger partial charge on any atom is -0.369 e. The fraction of sp³-hybridized carbons (Fsp3) is 0.125. The second-order valence-corrected chi connectivity index (χ2v) is 4.19. The van der Waals surface area contributed by atoms with Crippen molar-refractivity contribution in [1.82, 2.24) is 14.6 Å². The summed E-state index contributed by atoms with van der Waals surface area (Å²) in [6.07, 6.45) is 1.70. The van der Waals surface area contributed by atoms with Crippen LogP contribution in [0.25, 0.3) is 0 Å². The van der Waals surface area contributed by atoms with Crippen LogP contribution in [-0.2, 0) is 6.54 Å². The summed E-state index contributed by atoms with van der Waals surface area (Å²) in [6.45, 7) is 0.684. The molecule has 4 nitrogen and oxygen atoms in total. The molecule has 2 aromatic heterocycles. The zero-order chi connectivity index (χ0) is 9.80. The average Bonchev–Trinajstić information content (AvgIpc) is 2.67. The van der Waals surface area contributed by atoms with Crippen molar-refractivity contribution in [2.75, 3.05) is 5.32 Å². The maximum atomic E-state index is 4.29. The summed E-state index contributed by atoms with van der Waals surface area (Å²) in [5.41, 5.74) is 0.979. The minimum absolute atomic E-state index is 0.684. The van der Waals surface area contributed by atoms with E-state index in [0.29, 0.717) is 6.54 Å². The lowest BCUT2D eigenvalue weighted by Crippen LogP contribution is -1.99. The maximum absolute atomic E-state index is 4.29. The number of nitrogens with zero attached hydrogens (tertiary/aromatic N) is 3. The molecule has 0 radical (unpaired) electrons. The highest BCUT2D eigenvalue weighted by molar-refractivity contribution is 9.10. The Labute approximate surface area is 93.7 Å². The van der Waals surface area contributed by atoms with Crippen molar-refractivity contribution in [2.45, 2.75) is 6.54 Å². The smallest absolute Gasteiger partial charge is 0.130 e. The molecule has 2 heterocycles. The number of aromatic nitrogens is 3. The van der Waals surface area contributed by atoms with Crippen LogP contribution in [-0.4, -0.2) is 14.6 Å². The first kappa shape index (κ1) is 9.54. The number of halogens is 1. The van der Waals surface area contributed by atoms with Crippen molar-refractivity contribution in [1.29, 1.82) is 0 Å². The van der Waals surface area contributed by atoms with Gasteiger partial charge in [-0.2, -0.15) is 0 Å². The summed E-state index contributed by atoms with van der Waals surface area (Å²) >= 11 is 4.65. The molecule has 14 heavy (non-hydrogen) atoms. The highest BCUT2D eigenvalue weighted by atomic mass is 79.9. The normalized spacial score (nSPS) is 10.1. The molecule has 0 fully saturated rings. The third-order valence-corrected chi connectivity index (χ3v) is 2.64. The summed E-state index contributed by atoms with van der Waals surface area (Å²) < 4.78 is 4.60. The first-order valence-corrected chi connectivity index (χ1v) is 5.54. The van der Waals surface area contributed by atoms with E-state index in [2.05, 4.69) is 35.8 Å². The van der Waals surface area contributed by atoms with Crippen LogP contribution in [0, 0.1) is 0 Å². The molecule has 2 rings (SSSR count). The molecule has 0 bridgehead atoms. The van der Waals surface area contributed by atoms with E-state index in [4.69, 9.17) is 0 Å². The van der Waals surface area contributed by atoms with Crippen LogP contribution >= 0.6 is 27.5 Å². The SMILES string of the molecule is Brc1cccc(CNc2cnns2)n1. The standard InChI is InChI=1S/C8H7BrN4S/c9-7-3-1-2-6(12-7)4-10-8-5-11-13-14-8/h1-3,5,10H,4H2. The molecule has 1 N–H and O–H groups in total. The van der Waals surface area contributed by atoms with Crippen molar-refractivity contribution >= 4 is 32.5 Å². The lowest BCUT2D eigenvalue weighted by atomic mass is 10.3. The molecule has 0 aliphatic carbocycles. The van der Waals surface area contributed by atoms with Gasteiger partial charge in [0.05, 0.1) is 18.4 Å². The second-order valence-electron chi connectivity index (χ2n) is 2.59. The molecular formula is C8H7BrN4S. The van der Waals surface area contributed by atoms with Crippen molar-refractivity contribution in [3.8, 4) is 0 Å². The summed E-state index contributed by atoms with van der Waals surface area (Å²) in [5, 5.41) is 7.86. The van der Waals surface area contributed by atoms with Gasteiger partial charge in [-0.05, 0) is 28.1 Å². The Morgan fingerprint density at radius 1 is 1.43 bits per heavy atom. The Hall–Kier alpha value is -1.01. The average molecular weight is 271 g/mol. The van der Waals surface area contributed by atoms with Gasteiger partial charge in [-0.3, -0.25) is 0 Å². The Morgan fingerprint density at radius 3 is 3.07 bits per heavy atom. The van der Waals surface area contributed by atoms with Gasteiger partial charge in [0.1, 0.15) is 9.60 Å². The fourth-order valence-electron chi connectivity index (χ4n) is 0.971. The van der Waals surface area contributed by atoms with Crippen LogP contribution in [0.5, 0.6) is 0 Å². The molecule has 0 unspecified atom stereocenters. The molecule has 0 spiro atoms. The molecule has 0 aliphatic heterocycles. The third kappa shape index (κ3) is 2.49. The van der Waals surface area contributed by atoms with E-state index in [9.17, 15) is 0 Å². The molecular weight excluding hydrogens is 264 g/mol. The topological polar surface area (TPSA) is 50.7 Å². The van der Waals surface area contributed by atoms with Crippen LogP contribution in [0.4, 0.5) is 5.00 Å². The summed E-state index contributed by atoms with van der Waals surface area (Å²) in [5.74, 6) is 0. The Bertz CT molecular complexity index is 403. The zero-order valence-electron chi connectivity index (χ0n) is 7.14. The van der Waals surface area contributed by atoms with Gasteiger partial charge >= 0.3 is 0 Å². The predicted octanol–water partition coefficient (Wildman–Crippen LogP) is 2.31. The van der Waals surface area contributed by atoms with E-state index in [1.807, 2.05) is 18.2 Å². The van der Waals surface area contributed by atoms with Crippen LogP contribution in [0.2, 0.25) is 0 Å². The zero-order valence-corrected chi connectivity index (χ0v) is 9.55. The van der Waals surface area contributed by atoms with Gasteiger partial charge in [-0.25, -0.2) is 4.98 Å². The molecule has 6 heteroatoms. The number of pyridine rings is 1. The molecule has 0 amide bonds. The van der Waals surface area contributed by atoms with Crippen molar-refractivity contribution in [2.24, 2.45) is 0 Å². The number of anilines is 1. The largest absolute Gasteiger partial charge is 0.369 e. The summed E-state index contributed by atoms with van der Waals surface area (Å²) in [4.78, 5) is 4.29. The van der Waals surface area contributed by atoms with Crippen molar-refractivity contribution in [3.05, 3.63) is 34.7 Å². The highest BCUT2D eigenvalue weighted by Gasteiger charge is 1.97. The second kappa shape index (κ2) is 4.47. The van der Waals surface area contributed by atoms with Crippen molar-refractivity contribution in [3.63, 3.8) is 0 Å². The molecule has 0 saturated heterocycles. The van der Waals surface area contributed by atoms with Crippen LogP contribution < -0.4 is 5.32 Å². The highest BCUT2D eigenvalue weighted by Crippen LogP contribution is 2.11. The van der Waals surface area contributed by atoms with E-state index in [-0.39, 0.29) is 0 Å². The minimum atomic E-state index is 0.684. The van der Waals surface area contributed by atoms with Crippen LogP contribution in [0.15, 0.2) is 29.0 Å². The monoisotopic (exact) mass is 270 g/mol.